The van der Waals surface area contributed by atoms with Crippen LogP contribution < -0.4 is 16.7 Å². The number of hydrogen-bond donors (Lipinski definition) is 3. The van der Waals surface area contributed by atoms with E-state index >= 15 is 0 Å². The maximum absolute atomic E-state index is 12.9. The lowest BCUT2D eigenvalue weighted by Gasteiger charge is -2.16. The van der Waals surface area contributed by atoms with Gasteiger partial charge in [0.25, 0.3) is 11.5 Å². The van der Waals surface area contributed by atoms with Crippen LogP contribution in [0.1, 0.15) is 11.6 Å². The number of amides is 1. The first-order valence-electron chi connectivity index (χ1n) is 8.67. The number of carbonyl (C=O) groups excluding carboxylic acids is 2. The molecule has 0 saturated heterocycles. The smallest absolute Gasteiger partial charge is 0.321 e. The Morgan fingerprint density at radius 1 is 1.12 bits per heavy atom. The van der Waals surface area contributed by atoms with E-state index < -0.39 is 29.1 Å². The average molecular weight is 517 g/mol. The lowest BCUT2D eigenvalue weighted by molar-refractivity contribution is -0.141. The van der Waals surface area contributed by atoms with Crippen molar-refractivity contribution in [2.45, 2.75) is 5.92 Å². The summed E-state index contributed by atoms with van der Waals surface area (Å²) in [5.74, 6) is 1.84. The van der Waals surface area contributed by atoms with E-state index in [0.29, 0.717) is 16.1 Å². The number of rotatable bonds is 5. The van der Waals surface area contributed by atoms with Gasteiger partial charge in [-0.3, -0.25) is 14.4 Å². The molecule has 3 aromatic rings. The van der Waals surface area contributed by atoms with Crippen LogP contribution in [-0.2, 0) is 14.3 Å². The first-order chi connectivity index (χ1) is 15.2. The SMILES string of the molecule is COC(=O)[C@@H](/C(=N/N)C(=O)Nc1cc(Cl)c(Cl)cc1Cl)c1nc2ccc(Cl)cc2[nH]c1=O. The third-order valence-corrected chi connectivity index (χ3v) is 5.56. The summed E-state index contributed by atoms with van der Waals surface area (Å²) in [6.07, 6.45) is 0. The van der Waals surface area contributed by atoms with Crippen molar-refractivity contribution in [1.82, 2.24) is 9.97 Å². The number of ether oxygens (including phenoxy) is 1. The molecule has 0 saturated carbocycles. The Kier molecular flexibility index (Phi) is 7.25. The number of esters is 1. The summed E-state index contributed by atoms with van der Waals surface area (Å²) < 4.78 is 4.76. The quantitative estimate of drug-likeness (QED) is 0.155. The first kappa shape index (κ1) is 23.8. The topological polar surface area (TPSA) is 140 Å². The Hall–Kier alpha value is -2.85. The molecule has 1 aromatic heterocycles. The van der Waals surface area contributed by atoms with Crippen LogP contribution in [0.15, 0.2) is 40.2 Å². The van der Waals surface area contributed by atoms with Gasteiger partial charge in [-0.05, 0) is 30.3 Å². The number of hydrogen-bond acceptors (Lipinski definition) is 7. The van der Waals surface area contributed by atoms with Crippen molar-refractivity contribution in [2.24, 2.45) is 10.9 Å². The lowest BCUT2D eigenvalue weighted by atomic mass is 9.98. The molecular weight excluding hydrogens is 504 g/mol. The second-order valence-corrected chi connectivity index (χ2v) is 7.94. The summed E-state index contributed by atoms with van der Waals surface area (Å²) >= 11 is 23.9. The second kappa shape index (κ2) is 9.74. The molecule has 1 atom stereocenters. The van der Waals surface area contributed by atoms with Crippen LogP contribution in [0.5, 0.6) is 0 Å². The van der Waals surface area contributed by atoms with Gasteiger partial charge in [0.2, 0.25) is 0 Å². The van der Waals surface area contributed by atoms with Crippen LogP contribution >= 0.6 is 46.4 Å². The molecule has 0 fully saturated rings. The van der Waals surface area contributed by atoms with Crippen molar-refractivity contribution in [3.63, 3.8) is 0 Å². The minimum absolute atomic E-state index is 0.0669. The highest BCUT2D eigenvalue weighted by atomic mass is 35.5. The Balaban J connectivity index is 2.07. The molecule has 166 valence electrons. The number of halogens is 4. The minimum Gasteiger partial charge on any atom is -0.468 e. The monoisotopic (exact) mass is 515 g/mol. The van der Waals surface area contributed by atoms with Crippen molar-refractivity contribution in [2.75, 3.05) is 12.4 Å². The van der Waals surface area contributed by atoms with Crippen LogP contribution in [0.25, 0.3) is 11.0 Å². The third-order valence-electron chi connectivity index (χ3n) is 4.29. The maximum atomic E-state index is 12.9. The molecule has 0 bridgehead atoms. The predicted octanol–water partition coefficient (Wildman–Crippen LogP) is 3.75. The number of hydrazone groups is 1. The zero-order valence-corrected chi connectivity index (χ0v) is 19.1. The van der Waals surface area contributed by atoms with Gasteiger partial charge in [0.05, 0.1) is 38.9 Å². The van der Waals surface area contributed by atoms with Gasteiger partial charge in [-0.15, -0.1) is 0 Å². The molecule has 2 aromatic carbocycles. The largest absolute Gasteiger partial charge is 0.468 e. The van der Waals surface area contributed by atoms with E-state index in [1.165, 1.54) is 24.3 Å². The number of carbonyl (C=O) groups is 2. The van der Waals surface area contributed by atoms with Gasteiger partial charge < -0.3 is 20.9 Å². The fourth-order valence-electron chi connectivity index (χ4n) is 2.81. The van der Waals surface area contributed by atoms with Crippen LogP contribution in [0, 0.1) is 0 Å². The zero-order chi connectivity index (χ0) is 23.6. The number of nitrogens with one attached hydrogen (secondary N) is 2. The van der Waals surface area contributed by atoms with E-state index in [9.17, 15) is 14.4 Å². The molecule has 0 unspecified atom stereocenters. The number of H-pyrrole nitrogens is 1. The Morgan fingerprint density at radius 3 is 2.47 bits per heavy atom. The molecule has 0 aliphatic heterocycles. The highest BCUT2D eigenvalue weighted by Crippen LogP contribution is 2.32. The highest BCUT2D eigenvalue weighted by molar-refractivity contribution is 6.49. The van der Waals surface area contributed by atoms with Crippen molar-refractivity contribution in [1.29, 1.82) is 0 Å². The van der Waals surface area contributed by atoms with Gasteiger partial charge in [0.15, 0.2) is 5.92 Å². The van der Waals surface area contributed by atoms with Crippen LogP contribution in [0.2, 0.25) is 20.1 Å². The van der Waals surface area contributed by atoms with E-state index in [0.717, 1.165) is 7.11 Å². The van der Waals surface area contributed by atoms with E-state index in [2.05, 4.69) is 20.4 Å². The van der Waals surface area contributed by atoms with Crippen LogP contribution in [-0.4, -0.2) is 34.7 Å². The van der Waals surface area contributed by atoms with Crippen molar-refractivity contribution in [3.8, 4) is 0 Å². The Bertz CT molecular complexity index is 1330. The highest BCUT2D eigenvalue weighted by Gasteiger charge is 2.36. The van der Waals surface area contributed by atoms with E-state index in [4.69, 9.17) is 57.0 Å². The summed E-state index contributed by atoms with van der Waals surface area (Å²) in [4.78, 5) is 44.9. The molecule has 3 rings (SSSR count). The normalized spacial score (nSPS) is 12.5. The lowest BCUT2D eigenvalue weighted by Crippen LogP contribution is -2.38. The maximum Gasteiger partial charge on any atom is 0.321 e. The average Bonchev–Trinajstić information content (AvgIpc) is 2.74. The summed E-state index contributed by atoms with van der Waals surface area (Å²) in [6.45, 7) is 0. The predicted molar refractivity (Wildman–Crippen MR) is 124 cm³/mol. The molecule has 32 heavy (non-hydrogen) atoms. The molecule has 4 N–H and O–H groups in total. The van der Waals surface area contributed by atoms with Crippen LogP contribution in [0.4, 0.5) is 5.69 Å². The van der Waals surface area contributed by atoms with Gasteiger partial charge in [-0.25, -0.2) is 4.98 Å². The molecule has 0 spiro atoms. The number of nitrogens with zero attached hydrogens (tertiary/aromatic N) is 2. The summed E-state index contributed by atoms with van der Waals surface area (Å²) in [6, 6.07) is 7.18. The number of anilines is 1. The molecular formula is C19H13Cl4N5O4. The van der Waals surface area contributed by atoms with E-state index in [-0.39, 0.29) is 26.4 Å². The molecule has 1 amide bonds. The third kappa shape index (κ3) is 4.81. The summed E-state index contributed by atoms with van der Waals surface area (Å²) in [5.41, 5.74) is -0.963. The molecule has 9 nitrogen and oxygen atoms in total. The number of benzene rings is 2. The second-order valence-electron chi connectivity index (χ2n) is 6.28. The standard InChI is InChI=1S/C19H13Cl4N5O4/c1-32-19(31)14(15-17(29)27-13-4-7(20)2-3-11(13)25-15)16(28-24)18(30)26-12-6-9(22)8(21)5-10(12)23/h2-6,14H,24H2,1H3,(H,26,30)(H,27,29)/b28-16-/t14-/m1/s1. The first-order valence-corrected chi connectivity index (χ1v) is 10.2. The zero-order valence-electron chi connectivity index (χ0n) is 16.1. The Morgan fingerprint density at radius 2 is 1.81 bits per heavy atom. The van der Waals surface area contributed by atoms with Gasteiger partial charge in [0.1, 0.15) is 11.4 Å². The van der Waals surface area contributed by atoms with Crippen molar-refractivity contribution < 1.29 is 14.3 Å². The Labute approximate surface area is 200 Å². The number of aromatic amines is 1. The summed E-state index contributed by atoms with van der Waals surface area (Å²) in [5, 5.41) is 6.58. The molecule has 13 heteroatoms. The number of aromatic nitrogens is 2. The molecule has 1 heterocycles. The molecule has 0 aliphatic rings. The summed E-state index contributed by atoms with van der Waals surface area (Å²) in [7, 11) is 1.08. The number of fused-ring (bicyclic) bond motifs is 1. The molecule has 0 aliphatic carbocycles. The van der Waals surface area contributed by atoms with E-state index in [1.54, 1.807) is 6.07 Å². The van der Waals surface area contributed by atoms with Crippen molar-refractivity contribution in [3.05, 3.63) is 66.5 Å². The van der Waals surface area contributed by atoms with Gasteiger partial charge >= 0.3 is 5.97 Å². The van der Waals surface area contributed by atoms with Crippen LogP contribution in [0.3, 0.4) is 0 Å². The minimum atomic E-state index is -1.64. The number of nitrogens with two attached hydrogens (primary N) is 1. The van der Waals surface area contributed by atoms with Gasteiger partial charge in [0, 0.05) is 5.02 Å². The molecule has 0 radical (unpaired) electrons. The van der Waals surface area contributed by atoms with Gasteiger partial charge in [-0.2, -0.15) is 5.10 Å². The number of methoxy groups -OCH3 is 1. The van der Waals surface area contributed by atoms with Crippen molar-refractivity contribution >= 4 is 80.7 Å². The fourth-order valence-corrected chi connectivity index (χ4v) is 3.57. The fraction of sp³-hybridized carbons (Fsp3) is 0.105. The van der Waals surface area contributed by atoms with Gasteiger partial charge in [-0.1, -0.05) is 46.4 Å². The van der Waals surface area contributed by atoms with E-state index in [1.807, 2.05) is 0 Å².